The number of aromatic amines is 1. The summed E-state index contributed by atoms with van der Waals surface area (Å²) in [5.74, 6) is 0. The third kappa shape index (κ3) is 7.26. The third-order valence-corrected chi connectivity index (χ3v) is 9.86. The lowest BCUT2D eigenvalue weighted by atomic mass is 9.87. The maximum Gasteiger partial charge on any atom is 0.482 e. The predicted molar refractivity (Wildman–Crippen MR) is 134 cm³/mol. The van der Waals surface area contributed by atoms with Gasteiger partial charge in [0.15, 0.2) is 24.3 Å². The molecule has 0 radical (unpaired) electrons. The molecule has 7 unspecified atom stereocenters. The average Bonchev–Trinajstić information content (AvgIpc) is 3.13. The topological polar surface area (TPSA) is 277 Å². The molecule has 0 amide bonds. The van der Waals surface area contributed by atoms with Crippen LogP contribution >= 0.6 is 26.9 Å². The number of hydrogen-bond donors (Lipinski definition) is 9. The van der Waals surface area contributed by atoms with E-state index in [1.54, 1.807) is 0 Å². The zero-order valence-electron chi connectivity index (χ0n) is 20.9. The van der Waals surface area contributed by atoms with Gasteiger partial charge in [-0.1, -0.05) is 18.8 Å². The molecular weight excluding hydrogens is 625 g/mol. The van der Waals surface area contributed by atoms with Gasteiger partial charge in [0, 0.05) is 12.3 Å². The maximum absolute atomic E-state index is 13.9. The van der Waals surface area contributed by atoms with Crippen LogP contribution in [0.1, 0.15) is 13.2 Å². The van der Waals surface area contributed by atoms with Gasteiger partial charge in [-0.2, -0.15) is 4.31 Å². The Bertz CT molecular complexity index is 1330. The van der Waals surface area contributed by atoms with E-state index >= 15 is 0 Å². The van der Waals surface area contributed by atoms with Crippen molar-refractivity contribution < 1.29 is 71.9 Å². The third-order valence-electron chi connectivity index (χ3n) is 6.25. The van der Waals surface area contributed by atoms with Gasteiger partial charge in [-0.05, 0) is 12.5 Å². The minimum absolute atomic E-state index is 0.0949. The van der Waals surface area contributed by atoms with Crippen molar-refractivity contribution in [2.45, 2.75) is 67.8 Å². The monoisotopic (exact) mass is 654 g/mol. The summed E-state index contributed by atoms with van der Waals surface area (Å²) in [5, 5.41) is 60.5. The molecule has 1 aromatic rings. The van der Waals surface area contributed by atoms with Crippen molar-refractivity contribution >= 4 is 26.9 Å². The summed E-state index contributed by atoms with van der Waals surface area (Å²) in [4.78, 5) is 35.6. The molecule has 22 heteroatoms. The number of alkyl halides is 1. The lowest BCUT2D eigenvalue weighted by Gasteiger charge is -2.41. The highest BCUT2D eigenvalue weighted by Gasteiger charge is 2.58. The second kappa shape index (κ2) is 12.7. The standard InChI is InChI=1S/C19H29FN2O16P2S/c1-7(2)19(30)15(28)9(35-17(19)22-4-3-10(24)21-18(22)29)6-34-40(33,41)38-39(31,32)37-16-13(27)11(25)12(26)14(36-16)8(20)5-23/h3-4,8-9,11-17,23,25-28,30H,1,5-6H2,2H3,(H,31,32)(H,33,41)(H,21,24,29)/t8-,9+,11?,12?,13?,14?,15+,16?,17+,19+,40?/m0/s1. The van der Waals surface area contributed by atoms with Crippen LogP contribution < -0.4 is 11.2 Å². The summed E-state index contributed by atoms with van der Waals surface area (Å²) in [6.07, 6.45) is -17.4. The first-order valence-corrected chi connectivity index (χ1v) is 15.7. The fourth-order valence-electron chi connectivity index (χ4n) is 4.09. The van der Waals surface area contributed by atoms with Gasteiger partial charge >= 0.3 is 20.3 Å². The van der Waals surface area contributed by atoms with Crippen LogP contribution in [0.3, 0.4) is 0 Å². The summed E-state index contributed by atoms with van der Waals surface area (Å²) >= 11 is 3.53. The van der Waals surface area contributed by atoms with Crippen molar-refractivity contribution in [2.24, 2.45) is 0 Å². The number of nitrogens with zero attached hydrogens (tertiary/aromatic N) is 1. The van der Waals surface area contributed by atoms with Crippen LogP contribution in [0.25, 0.3) is 0 Å². The SMILES string of the molecule is C=C(C)[C@@]1(O)[C@H](O)[C@@H](COP(=O)(S)OP(=O)(O)OC2OC([C@@H](F)CO)C(O)C(O)C2O)O[C@H]1n1ccc(=O)[nH]c1=O. The Kier molecular flexibility index (Phi) is 10.6. The van der Waals surface area contributed by atoms with E-state index in [4.69, 9.17) is 19.1 Å². The number of ether oxygens (including phenoxy) is 2. The van der Waals surface area contributed by atoms with E-state index in [-0.39, 0.29) is 5.57 Å². The van der Waals surface area contributed by atoms with Gasteiger partial charge in [-0.25, -0.2) is 18.3 Å². The Morgan fingerprint density at radius 3 is 2.44 bits per heavy atom. The van der Waals surface area contributed by atoms with Gasteiger partial charge in [0.25, 0.3) is 5.56 Å². The molecule has 0 aliphatic carbocycles. The molecular formula is C19H29FN2O16P2S. The molecule has 0 bridgehead atoms. The molecule has 2 fully saturated rings. The second-order valence-corrected chi connectivity index (χ2v) is 13.6. The smallest absolute Gasteiger partial charge is 0.393 e. The summed E-state index contributed by atoms with van der Waals surface area (Å²) in [5.41, 5.74) is -4.24. The van der Waals surface area contributed by atoms with Gasteiger partial charge in [-0.15, -0.1) is 0 Å². The quantitative estimate of drug-likeness (QED) is 0.0674. The Hall–Kier alpha value is -1.32. The highest BCUT2D eigenvalue weighted by atomic mass is 32.7. The molecule has 2 aliphatic heterocycles. The Morgan fingerprint density at radius 2 is 1.88 bits per heavy atom. The van der Waals surface area contributed by atoms with Crippen LogP contribution in [0, 0.1) is 0 Å². The minimum Gasteiger partial charge on any atom is -0.393 e. The number of aliphatic hydroxyl groups excluding tert-OH is 5. The summed E-state index contributed by atoms with van der Waals surface area (Å²) in [6, 6.07) is 0.931. The average molecular weight is 654 g/mol. The molecule has 18 nitrogen and oxygen atoms in total. The number of rotatable bonds is 11. The molecule has 3 rings (SSSR count). The maximum atomic E-state index is 13.9. The van der Waals surface area contributed by atoms with Crippen LogP contribution in [-0.2, 0) is 32.0 Å². The van der Waals surface area contributed by atoms with Gasteiger partial charge in [0.2, 0.25) is 0 Å². The molecule has 0 saturated carbocycles. The first-order valence-electron chi connectivity index (χ1n) is 11.5. The number of phosphoric acid groups is 1. The molecule has 234 valence electrons. The Balaban J connectivity index is 1.71. The van der Waals surface area contributed by atoms with Crippen LogP contribution in [0.5, 0.6) is 0 Å². The fourth-order valence-corrected chi connectivity index (χ4v) is 7.28. The molecule has 0 spiro atoms. The highest BCUT2D eigenvalue weighted by molar-refractivity contribution is 8.45. The van der Waals surface area contributed by atoms with Gasteiger partial charge < -0.3 is 45.0 Å². The zero-order chi connectivity index (χ0) is 31.1. The number of phosphoric ester groups is 1. The summed E-state index contributed by atoms with van der Waals surface area (Å²) in [7, 11) is -5.59. The molecule has 8 N–H and O–H groups in total. The number of H-pyrrole nitrogens is 1. The number of thiol groups is 1. The summed E-state index contributed by atoms with van der Waals surface area (Å²) in [6.45, 7) is -2.24. The minimum atomic E-state index is -5.59. The number of nitrogens with one attached hydrogen (secondary N) is 1. The van der Waals surface area contributed by atoms with Crippen molar-refractivity contribution in [3.8, 4) is 0 Å². The second-order valence-electron chi connectivity index (χ2n) is 9.15. The number of halogens is 1. The Morgan fingerprint density at radius 1 is 1.24 bits per heavy atom. The normalized spacial score (nSPS) is 37.7. The largest absolute Gasteiger partial charge is 0.482 e. The van der Waals surface area contributed by atoms with Crippen LogP contribution in [-0.4, -0.2) is 113 Å². The van der Waals surface area contributed by atoms with E-state index in [2.05, 4.69) is 27.7 Å². The molecule has 2 saturated heterocycles. The molecule has 3 heterocycles. The number of hydrogen-bond acceptors (Lipinski definition) is 15. The molecule has 12 atom stereocenters. The van der Waals surface area contributed by atoms with Crippen molar-refractivity contribution in [1.29, 1.82) is 0 Å². The van der Waals surface area contributed by atoms with Crippen molar-refractivity contribution in [3.05, 3.63) is 45.3 Å². The lowest BCUT2D eigenvalue weighted by Crippen LogP contribution is -2.60. The lowest BCUT2D eigenvalue weighted by molar-refractivity contribution is -0.287. The zero-order valence-corrected chi connectivity index (χ0v) is 23.6. The first-order chi connectivity index (χ1) is 18.8. The fraction of sp³-hybridized carbons (Fsp3) is 0.684. The predicted octanol–water partition coefficient (Wildman–Crippen LogP) is -2.57. The molecule has 1 aromatic heterocycles. The van der Waals surface area contributed by atoms with Crippen molar-refractivity contribution in [1.82, 2.24) is 9.55 Å². The highest BCUT2D eigenvalue weighted by Crippen LogP contribution is 2.66. The van der Waals surface area contributed by atoms with Crippen molar-refractivity contribution in [3.63, 3.8) is 0 Å². The van der Waals surface area contributed by atoms with E-state index < -0.39 is 100.0 Å². The van der Waals surface area contributed by atoms with Crippen molar-refractivity contribution in [2.75, 3.05) is 13.2 Å². The molecule has 0 aromatic carbocycles. The van der Waals surface area contributed by atoms with Crippen LogP contribution in [0.2, 0.25) is 0 Å². The molecule has 41 heavy (non-hydrogen) atoms. The summed E-state index contributed by atoms with van der Waals surface area (Å²) < 4.78 is 63.9. The van der Waals surface area contributed by atoms with E-state index in [0.29, 0.717) is 0 Å². The van der Waals surface area contributed by atoms with Crippen LogP contribution in [0.4, 0.5) is 4.39 Å². The Labute approximate surface area is 234 Å². The van der Waals surface area contributed by atoms with Gasteiger partial charge in [0.1, 0.15) is 36.6 Å². The number of aliphatic hydroxyl groups is 6. The number of aromatic nitrogens is 2. The van der Waals surface area contributed by atoms with Gasteiger partial charge in [0.05, 0.1) is 13.2 Å². The van der Waals surface area contributed by atoms with E-state index in [1.165, 1.54) is 6.92 Å². The van der Waals surface area contributed by atoms with Gasteiger partial charge in [-0.3, -0.25) is 23.4 Å². The van der Waals surface area contributed by atoms with E-state index in [0.717, 1.165) is 16.8 Å². The molecule has 2 aliphatic rings. The van der Waals surface area contributed by atoms with E-state index in [9.17, 15) is 53.5 Å². The van der Waals surface area contributed by atoms with Crippen LogP contribution in [0.15, 0.2) is 34.0 Å². The first kappa shape index (κ1) is 34.2. The van der Waals surface area contributed by atoms with E-state index in [1.807, 2.05) is 4.98 Å².